The van der Waals surface area contributed by atoms with Crippen LogP contribution in [0.4, 0.5) is 0 Å². The van der Waals surface area contributed by atoms with Gasteiger partial charge in [0.05, 0.1) is 0 Å². The van der Waals surface area contributed by atoms with E-state index in [0.29, 0.717) is 11.8 Å². The second-order valence-corrected chi connectivity index (χ2v) is 28.3. The van der Waals surface area contributed by atoms with E-state index < -0.39 is 27.4 Å². The van der Waals surface area contributed by atoms with Gasteiger partial charge < -0.3 is 0 Å². The molecule has 0 amide bonds. The van der Waals surface area contributed by atoms with Gasteiger partial charge in [-0.15, -0.1) is 0 Å². The van der Waals surface area contributed by atoms with Crippen LogP contribution in [0.2, 0.25) is 0 Å². The van der Waals surface area contributed by atoms with Gasteiger partial charge in [-0.3, -0.25) is 0 Å². The Kier molecular flexibility index (Phi) is 8.18. The van der Waals surface area contributed by atoms with Crippen molar-refractivity contribution in [1.29, 1.82) is 0 Å². The molecule has 1 unspecified atom stereocenters. The maximum absolute atomic E-state index is 7.86. The van der Waals surface area contributed by atoms with Crippen LogP contribution in [-0.2, 0) is 24.3 Å². The summed E-state index contributed by atoms with van der Waals surface area (Å²) in [4.78, 5) is 0. The summed E-state index contributed by atoms with van der Waals surface area (Å²) >= 11 is -3.96. The first kappa shape index (κ1) is 29.4. The molecule has 1 atom stereocenters. The molecule has 0 saturated carbocycles. The van der Waals surface area contributed by atoms with Crippen LogP contribution in [0.25, 0.3) is 28.3 Å². The first-order valence-corrected chi connectivity index (χ1v) is 25.6. The number of hydrogen-bond donors (Lipinski definition) is 0. The molecule has 0 radical (unpaired) electrons. The number of fused-ring (bicyclic) bond motifs is 4. The summed E-state index contributed by atoms with van der Waals surface area (Å²) in [5.74, 6) is 0.957. The van der Waals surface area contributed by atoms with Gasteiger partial charge in [0.2, 0.25) is 0 Å². The van der Waals surface area contributed by atoms with Crippen molar-refractivity contribution < 1.29 is 17.9 Å². The van der Waals surface area contributed by atoms with Crippen molar-refractivity contribution in [1.82, 2.24) is 0 Å². The molecule has 2 aliphatic rings. The zero-order valence-electron chi connectivity index (χ0n) is 25.1. The quantitative estimate of drug-likeness (QED) is 0.151. The van der Waals surface area contributed by atoms with E-state index in [9.17, 15) is 0 Å². The molecular formula is C37H40Cl2SiZr. The van der Waals surface area contributed by atoms with Crippen molar-refractivity contribution in [3.63, 3.8) is 0 Å². The monoisotopic (exact) mass is 672 g/mol. The molecule has 1 aliphatic heterocycles. The first-order valence-electron chi connectivity index (χ1n) is 15.3. The Balaban J connectivity index is 1.54. The molecule has 1 heterocycles. The van der Waals surface area contributed by atoms with Crippen LogP contribution in [0.5, 0.6) is 0 Å². The molecule has 1 aliphatic carbocycles. The summed E-state index contributed by atoms with van der Waals surface area (Å²) in [6, 6.07) is 27.7. The van der Waals surface area contributed by atoms with Gasteiger partial charge in [0.25, 0.3) is 0 Å². The molecule has 0 bridgehead atoms. The topological polar surface area (TPSA) is 0 Å². The minimum absolute atomic E-state index is 0.124. The number of hydrogen-bond acceptors (Lipinski definition) is 0. The number of aryl methyl sites for hydroxylation is 1. The van der Waals surface area contributed by atoms with Crippen LogP contribution in [0.1, 0.15) is 91.2 Å². The molecule has 0 fully saturated rings. The van der Waals surface area contributed by atoms with Crippen molar-refractivity contribution in [3.8, 4) is 22.3 Å². The Morgan fingerprint density at radius 1 is 0.780 bits per heavy atom. The summed E-state index contributed by atoms with van der Waals surface area (Å²) in [5, 5.41) is 3.01. The molecule has 4 aromatic carbocycles. The predicted molar refractivity (Wildman–Crippen MR) is 181 cm³/mol. The van der Waals surface area contributed by atoms with Gasteiger partial charge in [0.15, 0.2) is 0 Å². The third kappa shape index (κ3) is 5.02. The number of benzene rings is 4. The van der Waals surface area contributed by atoms with Crippen LogP contribution in [0, 0.1) is 0 Å². The van der Waals surface area contributed by atoms with Gasteiger partial charge in [0, 0.05) is 0 Å². The van der Waals surface area contributed by atoms with Gasteiger partial charge in [-0.2, -0.15) is 0 Å². The summed E-state index contributed by atoms with van der Waals surface area (Å²) < 4.78 is 1.43. The van der Waals surface area contributed by atoms with Crippen LogP contribution >= 0.6 is 17.0 Å². The van der Waals surface area contributed by atoms with Crippen molar-refractivity contribution in [2.24, 2.45) is 0 Å². The van der Waals surface area contributed by atoms with Crippen molar-refractivity contribution in [2.45, 2.75) is 69.8 Å². The Labute approximate surface area is 260 Å². The SMILES string of the molecule is CCC1=Cc2c(ccc(CC)c2-c2cc(C(C)C)cc(C(C)C)c2)[CH]1[Zr]([Cl])([Cl])[c]1cccc2c1[SiH2]c1ccccc1-2. The van der Waals surface area contributed by atoms with Gasteiger partial charge in [-0.05, 0) is 0 Å². The van der Waals surface area contributed by atoms with Crippen LogP contribution < -0.4 is 13.6 Å². The molecule has 0 nitrogen and oxygen atoms in total. The van der Waals surface area contributed by atoms with Crippen LogP contribution in [0.15, 0.2) is 78.4 Å². The van der Waals surface area contributed by atoms with Crippen LogP contribution in [0.3, 0.4) is 0 Å². The number of allylic oxidation sites excluding steroid dienone is 1. The molecule has 0 spiro atoms. The molecule has 210 valence electrons. The van der Waals surface area contributed by atoms with Gasteiger partial charge >= 0.3 is 262 Å². The van der Waals surface area contributed by atoms with Crippen molar-refractivity contribution >= 4 is 46.3 Å². The molecular weight excluding hydrogens is 635 g/mol. The Morgan fingerprint density at radius 2 is 1.46 bits per heavy atom. The van der Waals surface area contributed by atoms with E-state index in [1.807, 2.05) is 0 Å². The van der Waals surface area contributed by atoms with E-state index in [2.05, 4.69) is 120 Å². The Bertz CT molecular complexity index is 1650. The van der Waals surface area contributed by atoms with Crippen molar-refractivity contribution in [2.75, 3.05) is 0 Å². The zero-order chi connectivity index (χ0) is 29.1. The second-order valence-electron chi connectivity index (χ2n) is 12.4. The maximum atomic E-state index is 7.86. The van der Waals surface area contributed by atoms with E-state index >= 15 is 0 Å². The van der Waals surface area contributed by atoms with Gasteiger partial charge in [-0.1, -0.05) is 0 Å². The zero-order valence-corrected chi connectivity index (χ0v) is 30.5. The van der Waals surface area contributed by atoms with Gasteiger partial charge in [0.1, 0.15) is 0 Å². The third-order valence-electron chi connectivity index (χ3n) is 9.34. The normalized spacial score (nSPS) is 16.3. The van der Waals surface area contributed by atoms with E-state index in [1.54, 1.807) is 0 Å². The molecule has 0 N–H and O–H groups in total. The molecule has 4 aromatic rings. The van der Waals surface area contributed by atoms with E-state index in [0.717, 1.165) is 12.8 Å². The standard InChI is InChI=1S/C25H31.C12H9Si.2ClH.Zr/c1-7-18-11-20-10-9-19(8-2)25(24(20)12-18)23-14-21(16(3)4)13-22(15-23)17(5)6;1-3-7-11-9(5-1)10-6-2-4-8-12(10)13-11;;;/h9-17H,7-8H2,1-6H3;1-7H,13H2;2*1H;/q;;;;+2/p-2. The fraction of sp³-hybridized carbons (Fsp3) is 0.297. The molecule has 41 heavy (non-hydrogen) atoms. The summed E-state index contributed by atoms with van der Waals surface area (Å²) in [6.45, 7) is 13.8. The number of halogens is 2. The van der Waals surface area contributed by atoms with E-state index in [4.69, 9.17) is 17.0 Å². The minimum atomic E-state index is -3.96. The molecule has 6 rings (SSSR count). The van der Waals surface area contributed by atoms with E-state index in [-0.39, 0.29) is 3.63 Å². The van der Waals surface area contributed by atoms with Crippen molar-refractivity contribution in [3.05, 3.63) is 106 Å². The fourth-order valence-electron chi connectivity index (χ4n) is 7.04. The average Bonchev–Trinajstić information content (AvgIpc) is 3.55. The second kappa shape index (κ2) is 11.4. The summed E-state index contributed by atoms with van der Waals surface area (Å²) in [5.41, 5.74) is 13.8. The molecule has 4 heteroatoms. The average molecular weight is 675 g/mol. The fourth-order valence-corrected chi connectivity index (χ4v) is 24.0. The summed E-state index contributed by atoms with van der Waals surface area (Å²) in [7, 11) is 15.1. The van der Waals surface area contributed by atoms with Gasteiger partial charge in [-0.25, -0.2) is 0 Å². The predicted octanol–water partition coefficient (Wildman–Crippen LogP) is 8.90. The molecule has 0 saturated heterocycles. The Hall–Kier alpha value is -1.70. The molecule has 0 aromatic heterocycles. The first-order chi connectivity index (χ1) is 19.6. The third-order valence-corrected chi connectivity index (χ3v) is 23.7. The summed E-state index contributed by atoms with van der Waals surface area (Å²) in [6.07, 6.45) is 4.43. The Morgan fingerprint density at radius 3 is 2.12 bits per heavy atom. The number of rotatable bonds is 7. The van der Waals surface area contributed by atoms with E-state index in [1.165, 1.54) is 69.3 Å². The van der Waals surface area contributed by atoms with Crippen LogP contribution in [-0.4, -0.2) is 9.52 Å².